The van der Waals surface area contributed by atoms with Gasteiger partial charge in [-0.1, -0.05) is 26.0 Å². The molecule has 4 fully saturated rings. The van der Waals surface area contributed by atoms with E-state index < -0.39 is 16.8 Å². The minimum atomic E-state index is -0.774. The first kappa shape index (κ1) is 35.3. The standard InChI is InChI=1S/C42H51FN8O3/c1-26(2)50-25-45-34-22-33(47-37(36(34)50)46-32-9-14-44-23-31(32)43)27-7-8-30-35(19-27)51(29-20-28(21-29)49-15-11-40(3,4)24-49)39(53)42(30)12-16-48(17-13-42)38(52)41(5)10-6-18-54-41/h7-9,14,19,22-23,25-26,28-29H,6,10-13,15-18,20-21,24H2,1-5H3,(H,44,46,47). The predicted molar refractivity (Wildman–Crippen MR) is 206 cm³/mol. The molecule has 1 saturated carbocycles. The number of hydrogen-bond donors (Lipinski definition) is 1. The number of halogens is 1. The molecule has 1 N–H and O–H groups in total. The lowest BCUT2D eigenvalue weighted by Crippen LogP contribution is -2.58. The number of pyridine rings is 2. The topological polar surface area (TPSA) is 109 Å². The van der Waals surface area contributed by atoms with Crippen LogP contribution in [0.2, 0.25) is 0 Å². The molecule has 7 heterocycles. The Hall–Kier alpha value is -4.42. The van der Waals surface area contributed by atoms with E-state index >= 15 is 0 Å². The normalized spacial score (nSPS) is 26.2. The molecule has 1 spiro atoms. The van der Waals surface area contributed by atoms with Crippen LogP contribution in [-0.2, 0) is 19.7 Å². The molecule has 1 aliphatic carbocycles. The Morgan fingerprint density at radius 2 is 1.81 bits per heavy atom. The van der Waals surface area contributed by atoms with Crippen LogP contribution >= 0.6 is 0 Å². The molecule has 12 heteroatoms. The Morgan fingerprint density at radius 1 is 1.02 bits per heavy atom. The van der Waals surface area contributed by atoms with Crippen LogP contribution in [0.5, 0.6) is 0 Å². The summed E-state index contributed by atoms with van der Waals surface area (Å²) in [6.07, 6.45) is 10.4. The van der Waals surface area contributed by atoms with Crippen LogP contribution < -0.4 is 10.2 Å². The third-order valence-electron chi connectivity index (χ3n) is 13.1. The Morgan fingerprint density at radius 3 is 2.50 bits per heavy atom. The number of hydrogen-bond acceptors (Lipinski definition) is 8. The van der Waals surface area contributed by atoms with Gasteiger partial charge in [-0.15, -0.1) is 0 Å². The number of fused-ring (bicyclic) bond motifs is 3. The average Bonchev–Trinajstić information content (AvgIpc) is 3.91. The van der Waals surface area contributed by atoms with Gasteiger partial charge in [0, 0.05) is 61.8 Å². The molecular weight excluding hydrogens is 684 g/mol. The molecule has 5 aliphatic rings. The van der Waals surface area contributed by atoms with Crippen LogP contribution in [0.1, 0.15) is 91.2 Å². The highest BCUT2D eigenvalue weighted by Gasteiger charge is 2.57. The maximum atomic E-state index is 15.0. The number of amides is 2. The number of ether oxygens (including phenoxy) is 1. The second-order valence-corrected chi connectivity index (χ2v) is 17.6. The van der Waals surface area contributed by atoms with Gasteiger partial charge < -0.3 is 24.4 Å². The van der Waals surface area contributed by atoms with E-state index in [2.05, 4.69) is 66.0 Å². The fourth-order valence-electron chi connectivity index (χ4n) is 9.79. The monoisotopic (exact) mass is 734 g/mol. The Balaban J connectivity index is 1.08. The van der Waals surface area contributed by atoms with Crippen LogP contribution in [0.3, 0.4) is 0 Å². The van der Waals surface area contributed by atoms with E-state index in [1.165, 1.54) is 12.6 Å². The lowest BCUT2D eigenvalue weighted by Gasteiger charge is -2.47. The van der Waals surface area contributed by atoms with Gasteiger partial charge in [-0.2, -0.15) is 0 Å². The summed E-state index contributed by atoms with van der Waals surface area (Å²) >= 11 is 0. The van der Waals surface area contributed by atoms with Gasteiger partial charge in [0.2, 0.25) is 5.91 Å². The molecule has 1 aromatic carbocycles. The molecule has 9 rings (SSSR count). The van der Waals surface area contributed by atoms with Gasteiger partial charge in [0.05, 0.1) is 34.8 Å². The van der Waals surface area contributed by atoms with E-state index in [1.54, 1.807) is 18.6 Å². The van der Waals surface area contributed by atoms with Gasteiger partial charge in [-0.05, 0) is 101 Å². The number of nitrogens with one attached hydrogen (secondary N) is 1. The molecule has 3 aromatic heterocycles. The van der Waals surface area contributed by atoms with Crippen molar-refractivity contribution in [1.82, 2.24) is 29.3 Å². The van der Waals surface area contributed by atoms with Crippen LogP contribution in [0.15, 0.2) is 49.1 Å². The van der Waals surface area contributed by atoms with E-state index in [0.717, 1.165) is 66.6 Å². The summed E-state index contributed by atoms with van der Waals surface area (Å²) in [5, 5.41) is 3.23. The van der Waals surface area contributed by atoms with E-state index in [4.69, 9.17) is 14.7 Å². The molecule has 54 heavy (non-hydrogen) atoms. The number of anilines is 3. The summed E-state index contributed by atoms with van der Waals surface area (Å²) in [4.78, 5) is 49.0. The third-order valence-corrected chi connectivity index (χ3v) is 13.1. The number of carbonyl (C=O) groups is 2. The first-order chi connectivity index (χ1) is 25.9. The van der Waals surface area contributed by atoms with Crippen molar-refractivity contribution in [2.24, 2.45) is 5.41 Å². The number of aromatic nitrogens is 4. The van der Waals surface area contributed by atoms with Crippen LogP contribution in [0.4, 0.5) is 21.6 Å². The quantitative estimate of drug-likeness (QED) is 0.217. The Labute approximate surface area is 316 Å². The zero-order valence-corrected chi connectivity index (χ0v) is 32.1. The zero-order chi connectivity index (χ0) is 37.6. The second kappa shape index (κ2) is 12.8. The average molecular weight is 735 g/mol. The minimum Gasteiger partial charge on any atom is -0.365 e. The molecule has 11 nitrogen and oxygen atoms in total. The lowest BCUT2D eigenvalue weighted by atomic mass is 9.73. The van der Waals surface area contributed by atoms with Crippen molar-refractivity contribution in [2.75, 3.05) is 43.0 Å². The van der Waals surface area contributed by atoms with Gasteiger partial charge in [-0.3, -0.25) is 19.5 Å². The SMILES string of the molecule is CC(C)n1cnc2cc(-c3ccc4c(c3)N(C3CC(N5CCC(C)(C)C5)C3)C(=O)C43CCN(C(=O)C4(C)CCCO4)CC3)nc(Nc3ccncc3F)c21. The largest absolute Gasteiger partial charge is 0.365 e. The summed E-state index contributed by atoms with van der Waals surface area (Å²) in [5.74, 6) is 0.223. The molecular formula is C42H51FN8O3. The minimum absolute atomic E-state index is 0.0422. The summed E-state index contributed by atoms with van der Waals surface area (Å²) in [6, 6.07) is 10.6. The number of likely N-dealkylation sites (tertiary alicyclic amines) is 2. The first-order valence-electron chi connectivity index (χ1n) is 19.8. The number of carbonyl (C=O) groups excluding carboxylic acids is 2. The van der Waals surface area contributed by atoms with Crippen molar-refractivity contribution in [3.8, 4) is 11.3 Å². The van der Waals surface area contributed by atoms with Crippen molar-refractivity contribution in [3.63, 3.8) is 0 Å². The summed E-state index contributed by atoms with van der Waals surface area (Å²) in [5.41, 5.74) is 4.18. The molecule has 284 valence electrons. The van der Waals surface area contributed by atoms with E-state index in [1.807, 2.05) is 22.5 Å². The molecule has 0 bridgehead atoms. The lowest BCUT2D eigenvalue weighted by molar-refractivity contribution is -0.153. The van der Waals surface area contributed by atoms with Gasteiger partial charge >= 0.3 is 0 Å². The summed E-state index contributed by atoms with van der Waals surface area (Å²) in [7, 11) is 0. The van der Waals surface area contributed by atoms with Crippen molar-refractivity contribution in [2.45, 2.75) is 109 Å². The number of nitrogens with zero attached hydrogens (tertiary/aromatic N) is 7. The smallest absolute Gasteiger partial charge is 0.254 e. The summed E-state index contributed by atoms with van der Waals surface area (Å²) in [6.45, 7) is 14.6. The van der Waals surface area contributed by atoms with Crippen LogP contribution in [0, 0.1) is 11.2 Å². The molecule has 0 radical (unpaired) electrons. The Kier molecular flexibility index (Phi) is 8.39. The summed E-state index contributed by atoms with van der Waals surface area (Å²) < 4.78 is 22.8. The van der Waals surface area contributed by atoms with Gasteiger partial charge in [0.1, 0.15) is 11.1 Å². The van der Waals surface area contributed by atoms with Gasteiger partial charge in [-0.25, -0.2) is 14.4 Å². The van der Waals surface area contributed by atoms with Crippen molar-refractivity contribution in [1.29, 1.82) is 0 Å². The van der Waals surface area contributed by atoms with E-state index in [0.29, 0.717) is 55.5 Å². The van der Waals surface area contributed by atoms with Crippen molar-refractivity contribution in [3.05, 3.63) is 60.4 Å². The van der Waals surface area contributed by atoms with Gasteiger partial charge in [0.15, 0.2) is 11.6 Å². The first-order valence-corrected chi connectivity index (χ1v) is 19.8. The van der Waals surface area contributed by atoms with E-state index in [-0.39, 0.29) is 29.6 Å². The second-order valence-electron chi connectivity index (χ2n) is 17.6. The molecule has 1 atom stereocenters. The maximum absolute atomic E-state index is 15.0. The Bertz CT molecular complexity index is 2130. The van der Waals surface area contributed by atoms with Gasteiger partial charge in [0.25, 0.3) is 5.91 Å². The highest BCUT2D eigenvalue weighted by molar-refractivity contribution is 6.09. The number of piperidine rings is 1. The maximum Gasteiger partial charge on any atom is 0.254 e. The zero-order valence-electron chi connectivity index (χ0n) is 32.1. The van der Waals surface area contributed by atoms with E-state index in [9.17, 15) is 14.0 Å². The molecule has 4 aliphatic heterocycles. The predicted octanol–water partition coefficient (Wildman–Crippen LogP) is 7.00. The molecule has 3 saturated heterocycles. The fourth-order valence-corrected chi connectivity index (χ4v) is 9.79. The molecule has 2 amide bonds. The number of rotatable bonds is 7. The van der Waals surface area contributed by atoms with Crippen LogP contribution in [0.25, 0.3) is 22.3 Å². The van der Waals surface area contributed by atoms with Crippen LogP contribution in [-0.4, -0.2) is 91.6 Å². The molecule has 4 aromatic rings. The number of imidazole rings is 1. The highest BCUT2D eigenvalue weighted by Crippen LogP contribution is 2.53. The third kappa shape index (κ3) is 5.70. The fraction of sp³-hybridized carbons (Fsp3) is 0.548. The van der Waals surface area contributed by atoms with Crippen molar-refractivity contribution >= 4 is 40.0 Å². The van der Waals surface area contributed by atoms with Crippen molar-refractivity contribution < 1.29 is 18.7 Å². The highest BCUT2D eigenvalue weighted by atomic mass is 19.1. The number of benzene rings is 1. The molecule has 1 unspecified atom stereocenters.